The Hall–Kier alpha value is -1.59. The molecule has 0 bridgehead atoms. The molecule has 0 aromatic heterocycles. The van der Waals surface area contributed by atoms with Crippen LogP contribution in [0.2, 0.25) is 0 Å². The molecule has 0 saturated carbocycles. The average Bonchev–Trinajstić information content (AvgIpc) is 2.54. The molecule has 1 aromatic carbocycles. The van der Waals surface area contributed by atoms with E-state index in [9.17, 15) is 9.90 Å². The van der Waals surface area contributed by atoms with Crippen LogP contribution >= 0.6 is 0 Å². The maximum atomic E-state index is 12.0. The molecule has 0 aliphatic carbocycles. The molecule has 1 aliphatic heterocycles. The van der Waals surface area contributed by atoms with E-state index in [1.165, 1.54) is 7.11 Å². The van der Waals surface area contributed by atoms with E-state index in [4.69, 9.17) is 9.47 Å². The molecule has 1 atom stereocenters. The van der Waals surface area contributed by atoms with Crippen LogP contribution in [0.3, 0.4) is 0 Å². The Bertz CT molecular complexity index is 429. The Morgan fingerprint density at radius 1 is 1.33 bits per heavy atom. The van der Waals surface area contributed by atoms with Gasteiger partial charge >= 0.3 is 6.09 Å². The highest BCUT2D eigenvalue weighted by Gasteiger charge is 2.25. The van der Waals surface area contributed by atoms with Crippen molar-refractivity contribution in [1.82, 2.24) is 4.90 Å². The first-order chi connectivity index (χ1) is 10.2. The summed E-state index contributed by atoms with van der Waals surface area (Å²) in [5.41, 5.74) is 0.990. The summed E-state index contributed by atoms with van der Waals surface area (Å²) < 4.78 is 10.2. The zero-order chi connectivity index (χ0) is 15.1. The van der Waals surface area contributed by atoms with Crippen LogP contribution in [0.1, 0.15) is 24.8 Å². The molecule has 5 heteroatoms. The van der Waals surface area contributed by atoms with Crippen LogP contribution in [0.25, 0.3) is 0 Å². The van der Waals surface area contributed by atoms with Gasteiger partial charge in [-0.25, -0.2) is 4.79 Å². The molecular weight excluding hydrogens is 270 g/mol. The zero-order valence-corrected chi connectivity index (χ0v) is 12.4. The molecule has 1 heterocycles. The fourth-order valence-electron chi connectivity index (χ4n) is 2.54. The van der Waals surface area contributed by atoms with Crippen molar-refractivity contribution in [3.8, 4) is 0 Å². The second-order valence-electron chi connectivity index (χ2n) is 5.40. The number of aliphatic hydroxyl groups excluding tert-OH is 1. The Kier molecular flexibility index (Phi) is 6.02. The van der Waals surface area contributed by atoms with Crippen LogP contribution in [0.15, 0.2) is 30.3 Å². The fraction of sp³-hybridized carbons (Fsp3) is 0.562. The number of rotatable bonds is 5. The third kappa shape index (κ3) is 5.02. The molecule has 2 rings (SSSR count). The van der Waals surface area contributed by atoms with Crippen LogP contribution < -0.4 is 0 Å². The standard InChI is InChI=1S/C16H23NO4/c1-20-15(18)11-13-7-9-17(10-8-13)16(19)21-12-14-5-3-2-4-6-14/h2-6,13,15,18H,7-12H2,1H3. The molecule has 0 radical (unpaired) electrons. The summed E-state index contributed by atoms with van der Waals surface area (Å²) in [5, 5.41) is 9.47. The van der Waals surface area contributed by atoms with Crippen LogP contribution in [-0.2, 0) is 16.1 Å². The molecule has 1 fully saturated rings. The Morgan fingerprint density at radius 3 is 2.62 bits per heavy atom. The van der Waals surface area contributed by atoms with Gasteiger partial charge in [-0.2, -0.15) is 0 Å². The van der Waals surface area contributed by atoms with E-state index in [1.54, 1.807) is 4.90 Å². The minimum atomic E-state index is -0.702. The summed E-state index contributed by atoms with van der Waals surface area (Å²) in [6.07, 6.45) is 1.42. The maximum Gasteiger partial charge on any atom is 0.410 e. The van der Waals surface area contributed by atoms with E-state index in [-0.39, 0.29) is 6.09 Å². The number of benzene rings is 1. The first kappa shape index (κ1) is 15.8. The van der Waals surface area contributed by atoms with Crippen molar-refractivity contribution in [1.29, 1.82) is 0 Å². The highest BCUT2D eigenvalue weighted by atomic mass is 16.6. The molecule has 1 unspecified atom stereocenters. The van der Waals surface area contributed by atoms with Crippen molar-refractivity contribution in [3.05, 3.63) is 35.9 Å². The number of hydrogen-bond acceptors (Lipinski definition) is 4. The molecule has 5 nitrogen and oxygen atoms in total. The lowest BCUT2D eigenvalue weighted by Gasteiger charge is -2.31. The van der Waals surface area contributed by atoms with Gasteiger partial charge in [0.25, 0.3) is 0 Å². The fourth-order valence-corrected chi connectivity index (χ4v) is 2.54. The predicted octanol–water partition coefficient (Wildman–Crippen LogP) is 2.39. The number of ether oxygens (including phenoxy) is 2. The number of methoxy groups -OCH3 is 1. The third-order valence-electron chi connectivity index (χ3n) is 3.88. The van der Waals surface area contributed by atoms with E-state index in [1.807, 2.05) is 30.3 Å². The van der Waals surface area contributed by atoms with Gasteiger partial charge in [0.2, 0.25) is 0 Å². The van der Waals surface area contributed by atoms with Crippen molar-refractivity contribution in [2.45, 2.75) is 32.2 Å². The quantitative estimate of drug-likeness (QED) is 0.847. The number of likely N-dealkylation sites (tertiary alicyclic amines) is 1. The van der Waals surface area contributed by atoms with Crippen molar-refractivity contribution in [3.63, 3.8) is 0 Å². The van der Waals surface area contributed by atoms with Gasteiger partial charge in [-0.15, -0.1) is 0 Å². The average molecular weight is 293 g/mol. The summed E-state index contributed by atoms with van der Waals surface area (Å²) in [6, 6.07) is 9.66. The molecule has 1 N–H and O–H groups in total. The minimum Gasteiger partial charge on any atom is -0.445 e. The summed E-state index contributed by atoms with van der Waals surface area (Å²) in [5.74, 6) is 0.401. The Labute approximate surface area is 125 Å². The Morgan fingerprint density at radius 2 is 2.00 bits per heavy atom. The van der Waals surface area contributed by atoms with Gasteiger partial charge in [-0.05, 0) is 24.3 Å². The molecule has 0 spiro atoms. The van der Waals surface area contributed by atoms with Crippen molar-refractivity contribution in [2.24, 2.45) is 5.92 Å². The molecule has 1 aromatic rings. The van der Waals surface area contributed by atoms with Gasteiger partial charge in [0.15, 0.2) is 6.29 Å². The van der Waals surface area contributed by atoms with E-state index in [0.717, 1.165) is 18.4 Å². The van der Waals surface area contributed by atoms with E-state index < -0.39 is 6.29 Å². The van der Waals surface area contributed by atoms with Gasteiger partial charge < -0.3 is 19.5 Å². The van der Waals surface area contributed by atoms with Crippen molar-refractivity contribution in [2.75, 3.05) is 20.2 Å². The molecule has 1 saturated heterocycles. The number of aliphatic hydroxyl groups is 1. The van der Waals surface area contributed by atoms with Crippen LogP contribution in [0, 0.1) is 5.92 Å². The Balaban J connectivity index is 1.70. The normalized spacial score (nSPS) is 17.5. The number of hydrogen-bond donors (Lipinski definition) is 1. The molecular formula is C16H23NO4. The number of carbonyl (C=O) groups is 1. The number of nitrogens with zero attached hydrogens (tertiary/aromatic N) is 1. The third-order valence-corrected chi connectivity index (χ3v) is 3.88. The molecule has 1 amide bonds. The van der Waals surface area contributed by atoms with Crippen molar-refractivity contribution < 1.29 is 19.4 Å². The summed E-state index contributed by atoms with van der Waals surface area (Å²) in [4.78, 5) is 13.7. The van der Waals surface area contributed by atoms with E-state index >= 15 is 0 Å². The highest BCUT2D eigenvalue weighted by molar-refractivity contribution is 5.67. The summed E-state index contributed by atoms with van der Waals surface area (Å²) >= 11 is 0. The van der Waals surface area contributed by atoms with Gasteiger partial charge in [-0.1, -0.05) is 30.3 Å². The number of piperidine rings is 1. The summed E-state index contributed by atoms with van der Waals surface area (Å²) in [7, 11) is 1.50. The van der Waals surface area contributed by atoms with Gasteiger partial charge in [0.1, 0.15) is 6.61 Å². The maximum absolute atomic E-state index is 12.0. The SMILES string of the molecule is COC(O)CC1CCN(C(=O)OCc2ccccc2)CC1. The molecule has 21 heavy (non-hydrogen) atoms. The first-order valence-corrected chi connectivity index (χ1v) is 7.35. The lowest BCUT2D eigenvalue weighted by atomic mass is 9.93. The topological polar surface area (TPSA) is 59.0 Å². The van der Waals surface area contributed by atoms with Crippen molar-refractivity contribution >= 4 is 6.09 Å². The van der Waals surface area contributed by atoms with E-state index in [0.29, 0.717) is 32.0 Å². The monoisotopic (exact) mass is 293 g/mol. The second-order valence-corrected chi connectivity index (χ2v) is 5.40. The smallest absolute Gasteiger partial charge is 0.410 e. The lowest BCUT2D eigenvalue weighted by molar-refractivity contribution is -0.0905. The van der Waals surface area contributed by atoms with Crippen LogP contribution in [0.4, 0.5) is 4.79 Å². The van der Waals surface area contributed by atoms with Gasteiger partial charge in [0, 0.05) is 26.6 Å². The first-order valence-electron chi connectivity index (χ1n) is 7.35. The van der Waals surface area contributed by atoms with Gasteiger partial charge in [-0.3, -0.25) is 0 Å². The summed E-state index contributed by atoms with van der Waals surface area (Å²) in [6.45, 7) is 1.66. The van der Waals surface area contributed by atoms with Gasteiger partial charge in [0.05, 0.1) is 0 Å². The predicted molar refractivity (Wildman–Crippen MR) is 78.6 cm³/mol. The highest BCUT2D eigenvalue weighted by Crippen LogP contribution is 2.22. The molecule has 1 aliphatic rings. The van der Waals surface area contributed by atoms with Crippen LogP contribution in [0.5, 0.6) is 0 Å². The second kappa shape index (κ2) is 8.00. The minimum absolute atomic E-state index is 0.260. The largest absolute Gasteiger partial charge is 0.445 e. The van der Waals surface area contributed by atoms with E-state index in [2.05, 4.69) is 0 Å². The number of carbonyl (C=O) groups excluding carboxylic acids is 1. The zero-order valence-electron chi connectivity index (χ0n) is 12.4. The molecule has 116 valence electrons. The lowest BCUT2D eigenvalue weighted by Crippen LogP contribution is -2.39. The number of amides is 1. The van der Waals surface area contributed by atoms with Crippen LogP contribution in [-0.4, -0.2) is 42.6 Å².